The molecule has 0 heterocycles. The summed E-state index contributed by atoms with van der Waals surface area (Å²) in [5.74, 6) is 1.55. The van der Waals surface area contributed by atoms with Gasteiger partial charge in [0.2, 0.25) is 0 Å². The largest absolute Gasteiger partial charge is 0.497 e. The van der Waals surface area contributed by atoms with E-state index in [4.69, 9.17) is 4.74 Å². The Balaban J connectivity index is 0. The lowest BCUT2D eigenvalue weighted by molar-refractivity contribution is -0.112. The van der Waals surface area contributed by atoms with Crippen LogP contribution in [0.15, 0.2) is 76.5 Å². The van der Waals surface area contributed by atoms with Crippen molar-refractivity contribution in [2.45, 2.75) is 54.4 Å². The van der Waals surface area contributed by atoms with Crippen LogP contribution in [0.2, 0.25) is 0 Å². The highest BCUT2D eigenvalue weighted by molar-refractivity contribution is 9.10. The number of hydrogen-bond acceptors (Lipinski definition) is 2. The molecule has 0 amide bonds. The van der Waals surface area contributed by atoms with Crippen LogP contribution in [0, 0.1) is 0 Å². The molecule has 1 aromatic rings. The summed E-state index contributed by atoms with van der Waals surface area (Å²) < 4.78 is 6.23. The van der Waals surface area contributed by atoms with E-state index in [2.05, 4.69) is 87.5 Å². The molecule has 0 aliphatic rings. The highest BCUT2D eigenvalue weighted by atomic mass is 79.9. The number of methoxy groups -OCH3 is 1. The van der Waals surface area contributed by atoms with Crippen molar-refractivity contribution in [2.24, 2.45) is 0 Å². The van der Waals surface area contributed by atoms with Crippen molar-refractivity contribution >= 4 is 21.7 Å². The number of rotatable bonds is 5. The number of carbonyl (C=O) groups is 1. The van der Waals surface area contributed by atoms with Crippen LogP contribution in [0.5, 0.6) is 0 Å². The van der Waals surface area contributed by atoms with E-state index in [9.17, 15) is 4.79 Å². The van der Waals surface area contributed by atoms with Crippen LogP contribution in [0.25, 0.3) is 0 Å². The van der Waals surface area contributed by atoms with Crippen LogP contribution in [0.3, 0.4) is 0 Å². The lowest BCUT2D eigenvalue weighted by Crippen LogP contribution is -1.84. The zero-order chi connectivity index (χ0) is 21.4. The third-order valence-electron chi connectivity index (χ3n) is 3.63. The molecule has 0 atom stereocenters. The Labute approximate surface area is 174 Å². The van der Waals surface area contributed by atoms with Crippen LogP contribution >= 0.6 is 15.9 Å². The predicted octanol–water partition coefficient (Wildman–Crippen LogP) is 7.78. The van der Waals surface area contributed by atoms with Crippen molar-refractivity contribution in [1.29, 1.82) is 0 Å². The molecule has 0 spiro atoms. The maximum atomic E-state index is 9.69. The van der Waals surface area contributed by atoms with Crippen molar-refractivity contribution in [1.82, 2.24) is 0 Å². The Morgan fingerprint density at radius 2 is 1.56 bits per heavy atom. The molecular formula is C24H35BrO2. The van der Waals surface area contributed by atoms with Crippen molar-refractivity contribution < 1.29 is 9.53 Å². The van der Waals surface area contributed by atoms with Gasteiger partial charge in [0.25, 0.3) is 0 Å². The number of ketones is 1. The fraction of sp³-hybridized carbons (Fsp3) is 0.375. The summed E-state index contributed by atoms with van der Waals surface area (Å²) in [4.78, 5) is 9.69. The Bertz CT molecular complexity index is 643. The van der Waals surface area contributed by atoms with E-state index >= 15 is 0 Å². The first-order valence-corrected chi connectivity index (χ1v) is 9.79. The van der Waals surface area contributed by atoms with E-state index in [0.29, 0.717) is 5.92 Å². The Morgan fingerprint density at radius 1 is 1.07 bits per heavy atom. The van der Waals surface area contributed by atoms with Gasteiger partial charge in [-0.05, 0) is 76.5 Å². The first kappa shape index (κ1) is 27.3. The van der Waals surface area contributed by atoms with Crippen molar-refractivity contribution in [3.8, 4) is 0 Å². The topological polar surface area (TPSA) is 26.3 Å². The van der Waals surface area contributed by atoms with Gasteiger partial charge >= 0.3 is 0 Å². The third kappa shape index (κ3) is 16.1. The third-order valence-corrected chi connectivity index (χ3v) is 4.16. The minimum Gasteiger partial charge on any atom is -0.497 e. The second kappa shape index (κ2) is 16.3. The van der Waals surface area contributed by atoms with Gasteiger partial charge in [-0.25, -0.2) is 0 Å². The van der Waals surface area contributed by atoms with E-state index in [1.165, 1.54) is 29.7 Å². The maximum absolute atomic E-state index is 9.69. The summed E-state index contributed by atoms with van der Waals surface area (Å²) in [7, 11) is 1.68. The standard InChI is InChI=1S/C11H18O.C9H11Br.C4H6O/c1-6-11(12-5)8-7-10(4)9(2)3;1-7(2)8-3-5-9(10)6-4-8;1-3-4(2)5/h6-8H,1-5H3;3-7H,1-2H3;3H,1H2,2H3/b8-7-,11-6+;;. The second-order valence-corrected chi connectivity index (χ2v) is 7.35. The summed E-state index contributed by atoms with van der Waals surface area (Å²) >= 11 is 3.39. The first-order valence-electron chi connectivity index (χ1n) is 8.99. The van der Waals surface area contributed by atoms with Crippen LogP contribution in [0.1, 0.15) is 59.9 Å². The molecular weight excluding hydrogens is 400 g/mol. The lowest BCUT2D eigenvalue weighted by Gasteiger charge is -2.03. The maximum Gasteiger partial charge on any atom is 0.152 e. The molecule has 0 radical (unpaired) electrons. The van der Waals surface area contributed by atoms with E-state index in [1.54, 1.807) is 7.11 Å². The highest BCUT2D eigenvalue weighted by Gasteiger charge is 1.96. The van der Waals surface area contributed by atoms with Crippen LogP contribution < -0.4 is 0 Å². The van der Waals surface area contributed by atoms with E-state index in [-0.39, 0.29) is 5.78 Å². The number of carbonyl (C=O) groups excluding carboxylic acids is 1. The van der Waals surface area contributed by atoms with Gasteiger partial charge in [-0.1, -0.05) is 65.7 Å². The molecule has 0 N–H and O–H groups in total. The quantitative estimate of drug-likeness (QED) is 0.268. The van der Waals surface area contributed by atoms with Crippen molar-refractivity contribution in [3.63, 3.8) is 0 Å². The average molecular weight is 435 g/mol. The van der Waals surface area contributed by atoms with E-state index in [0.717, 1.165) is 10.2 Å². The Hall–Kier alpha value is -1.87. The molecule has 0 aliphatic carbocycles. The summed E-state index contributed by atoms with van der Waals surface area (Å²) in [6.07, 6.45) is 7.26. The molecule has 27 heavy (non-hydrogen) atoms. The minimum atomic E-state index is 0.0185. The van der Waals surface area contributed by atoms with Crippen molar-refractivity contribution in [3.05, 3.63) is 82.1 Å². The number of ether oxygens (including phenoxy) is 1. The summed E-state index contributed by atoms with van der Waals surface area (Å²) in [6.45, 7) is 17.3. The summed E-state index contributed by atoms with van der Waals surface area (Å²) in [6, 6.07) is 8.45. The molecule has 0 bridgehead atoms. The number of allylic oxidation sites excluding steroid dienone is 6. The predicted molar refractivity (Wildman–Crippen MR) is 123 cm³/mol. The van der Waals surface area contributed by atoms with Gasteiger partial charge in [-0.15, -0.1) is 0 Å². The Kier molecular flexibility index (Phi) is 16.5. The van der Waals surface area contributed by atoms with Crippen LogP contribution in [-0.2, 0) is 9.53 Å². The van der Waals surface area contributed by atoms with Gasteiger partial charge in [-0.2, -0.15) is 0 Å². The molecule has 0 saturated carbocycles. The number of halogens is 1. The molecule has 0 fully saturated rings. The lowest BCUT2D eigenvalue weighted by atomic mass is 10.0. The van der Waals surface area contributed by atoms with Gasteiger partial charge in [0.1, 0.15) is 5.76 Å². The summed E-state index contributed by atoms with van der Waals surface area (Å²) in [5, 5.41) is 0. The van der Waals surface area contributed by atoms with Crippen LogP contribution in [-0.4, -0.2) is 12.9 Å². The molecule has 1 aromatic carbocycles. The fourth-order valence-corrected chi connectivity index (χ4v) is 1.77. The van der Waals surface area contributed by atoms with Gasteiger partial charge in [0.15, 0.2) is 5.78 Å². The molecule has 0 aliphatic heterocycles. The zero-order valence-electron chi connectivity index (χ0n) is 18.1. The zero-order valence-corrected chi connectivity index (χ0v) is 19.7. The van der Waals surface area contributed by atoms with Gasteiger partial charge in [-0.3, -0.25) is 4.79 Å². The molecule has 3 heteroatoms. The minimum absolute atomic E-state index is 0.0185. The van der Waals surface area contributed by atoms with E-state index < -0.39 is 0 Å². The van der Waals surface area contributed by atoms with Crippen molar-refractivity contribution in [2.75, 3.05) is 7.11 Å². The molecule has 0 saturated heterocycles. The Morgan fingerprint density at radius 3 is 1.85 bits per heavy atom. The fourth-order valence-electron chi connectivity index (χ4n) is 1.50. The van der Waals surface area contributed by atoms with Gasteiger partial charge in [0.05, 0.1) is 7.11 Å². The van der Waals surface area contributed by atoms with Gasteiger partial charge in [0, 0.05) is 4.47 Å². The SMILES string of the molecule is C/C=C(\C=C/C(C)=C(C)C)OC.C=CC(C)=O.CC(C)c1ccc(Br)cc1. The highest BCUT2D eigenvalue weighted by Crippen LogP contribution is 2.17. The second-order valence-electron chi connectivity index (χ2n) is 6.43. The average Bonchev–Trinajstić information content (AvgIpc) is 2.63. The normalized spacial score (nSPS) is 10.4. The molecule has 150 valence electrons. The molecule has 1 rings (SSSR count). The summed E-state index contributed by atoms with van der Waals surface area (Å²) in [5.41, 5.74) is 4.01. The van der Waals surface area contributed by atoms with Crippen LogP contribution in [0.4, 0.5) is 0 Å². The molecule has 0 unspecified atom stereocenters. The monoisotopic (exact) mass is 434 g/mol. The molecule has 0 aromatic heterocycles. The first-order chi connectivity index (χ1) is 12.6. The smallest absolute Gasteiger partial charge is 0.152 e. The van der Waals surface area contributed by atoms with Gasteiger partial charge < -0.3 is 4.74 Å². The molecule has 2 nitrogen and oxygen atoms in total. The van der Waals surface area contributed by atoms with E-state index in [1.807, 2.05) is 19.1 Å². The number of hydrogen-bond donors (Lipinski definition) is 0. The number of benzene rings is 1.